The predicted molar refractivity (Wildman–Crippen MR) is 94.7 cm³/mol. The fourth-order valence-corrected chi connectivity index (χ4v) is 4.00. The minimum absolute atomic E-state index is 0.0666. The second-order valence-electron chi connectivity index (χ2n) is 6.10. The molecule has 1 aliphatic rings. The van der Waals surface area contributed by atoms with Crippen molar-refractivity contribution in [1.29, 1.82) is 0 Å². The van der Waals surface area contributed by atoms with Crippen molar-refractivity contribution in [3.05, 3.63) is 30.3 Å². The summed E-state index contributed by atoms with van der Waals surface area (Å²) in [4.78, 5) is 16.4. The highest BCUT2D eigenvalue weighted by molar-refractivity contribution is 7.91. The van der Waals surface area contributed by atoms with Gasteiger partial charge in [0.15, 0.2) is 9.84 Å². The fraction of sp³-hybridized carbons (Fsp3) is 0.588. The van der Waals surface area contributed by atoms with Crippen molar-refractivity contribution >= 4 is 15.7 Å². The Bertz CT molecular complexity index is 611. The Morgan fingerprint density at radius 3 is 2.33 bits per heavy atom. The van der Waals surface area contributed by atoms with Gasteiger partial charge in [-0.25, -0.2) is 8.42 Å². The van der Waals surface area contributed by atoms with Crippen molar-refractivity contribution in [1.82, 2.24) is 15.1 Å². The Hall–Kier alpha value is -1.44. The van der Waals surface area contributed by atoms with Crippen LogP contribution < -0.4 is 5.32 Å². The second kappa shape index (κ2) is 9.15. The SMILES string of the molecule is CCCNC(=O)CN1CCN(CCS(=O)(=O)c2ccccc2)CC1. The third-order valence-electron chi connectivity index (χ3n) is 4.18. The number of carbonyl (C=O) groups is 1. The van der Waals surface area contributed by atoms with Gasteiger partial charge in [0.1, 0.15) is 0 Å². The van der Waals surface area contributed by atoms with Gasteiger partial charge in [-0.3, -0.25) is 14.6 Å². The van der Waals surface area contributed by atoms with E-state index >= 15 is 0 Å². The molecule has 1 aliphatic heterocycles. The number of carbonyl (C=O) groups excluding carboxylic acids is 1. The molecule has 0 spiro atoms. The van der Waals surface area contributed by atoms with Crippen molar-refractivity contribution in [3.8, 4) is 0 Å². The van der Waals surface area contributed by atoms with Crippen LogP contribution >= 0.6 is 0 Å². The van der Waals surface area contributed by atoms with E-state index in [1.54, 1.807) is 24.3 Å². The minimum atomic E-state index is -3.22. The van der Waals surface area contributed by atoms with E-state index in [1.165, 1.54) is 0 Å². The van der Waals surface area contributed by atoms with E-state index in [9.17, 15) is 13.2 Å². The molecule has 1 amide bonds. The highest BCUT2D eigenvalue weighted by Gasteiger charge is 2.21. The summed E-state index contributed by atoms with van der Waals surface area (Å²) < 4.78 is 24.6. The lowest BCUT2D eigenvalue weighted by atomic mass is 10.3. The van der Waals surface area contributed by atoms with Crippen LogP contribution in [0.4, 0.5) is 0 Å². The molecule has 2 rings (SSSR count). The molecule has 0 radical (unpaired) electrons. The van der Waals surface area contributed by atoms with Gasteiger partial charge in [0.25, 0.3) is 0 Å². The third-order valence-corrected chi connectivity index (χ3v) is 5.89. The fourth-order valence-electron chi connectivity index (χ4n) is 2.69. The number of amides is 1. The normalized spacial score (nSPS) is 16.9. The van der Waals surface area contributed by atoms with Crippen LogP contribution in [0.25, 0.3) is 0 Å². The van der Waals surface area contributed by atoms with Crippen molar-refractivity contribution < 1.29 is 13.2 Å². The molecule has 6 nitrogen and oxygen atoms in total. The molecule has 134 valence electrons. The van der Waals surface area contributed by atoms with Crippen LogP contribution in [0, 0.1) is 0 Å². The number of nitrogens with one attached hydrogen (secondary N) is 1. The maximum absolute atomic E-state index is 12.3. The number of benzene rings is 1. The quantitative estimate of drug-likeness (QED) is 0.741. The van der Waals surface area contributed by atoms with Gasteiger partial charge in [-0.1, -0.05) is 25.1 Å². The molecule has 0 bridgehead atoms. The van der Waals surface area contributed by atoms with Gasteiger partial charge < -0.3 is 5.32 Å². The Labute approximate surface area is 144 Å². The third kappa shape index (κ3) is 5.89. The molecule has 0 atom stereocenters. The maximum Gasteiger partial charge on any atom is 0.234 e. The number of hydrogen-bond acceptors (Lipinski definition) is 5. The molecule has 0 aliphatic carbocycles. The summed E-state index contributed by atoms with van der Waals surface area (Å²) in [5.74, 6) is 0.200. The molecule has 7 heteroatoms. The van der Waals surface area contributed by atoms with Gasteiger partial charge in [0, 0.05) is 39.3 Å². The molecule has 0 aromatic heterocycles. The van der Waals surface area contributed by atoms with E-state index in [-0.39, 0.29) is 11.7 Å². The first-order valence-corrected chi connectivity index (χ1v) is 10.2. The van der Waals surface area contributed by atoms with Crippen molar-refractivity contribution in [2.75, 3.05) is 51.6 Å². The summed E-state index contributed by atoms with van der Waals surface area (Å²) in [6, 6.07) is 8.59. The van der Waals surface area contributed by atoms with Gasteiger partial charge in [-0.2, -0.15) is 0 Å². The Balaban J connectivity index is 1.72. The zero-order chi connectivity index (χ0) is 17.4. The molecular weight excluding hydrogens is 326 g/mol. The maximum atomic E-state index is 12.3. The zero-order valence-electron chi connectivity index (χ0n) is 14.3. The average Bonchev–Trinajstić information content (AvgIpc) is 2.60. The van der Waals surface area contributed by atoms with Crippen LogP contribution in [-0.4, -0.2) is 75.7 Å². The summed E-state index contributed by atoms with van der Waals surface area (Å²) in [7, 11) is -3.22. The Morgan fingerprint density at radius 2 is 1.71 bits per heavy atom. The first kappa shape index (κ1) is 18.9. The molecule has 0 saturated carbocycles. The summed E-state index contributed by atoms with van der Waals surface area (Å²) in [5, 5.41) is 2.88. The summed E-state index contributed by atoms with van der Waals surface area (Å²) >= 11 is 0. The van der Waals surface area contributed by atoms with E-state index in [4.69, 9.17) is 0 Å². The van der Waals surface area contributed by atoms with Gasteiger partial charge in [-0.15, -0.1) is 0 Å². The van der Waals surface area contributed by atoms with E-state index < -0.39 is 9.84 Å². The molecule has 1 aromatic rings. The molecule has 1 heterocycles. The number of sulfone groups is 1. The van der Waals surface area contributed by atoms with Crippen LogP contribution in [0.2, 0.25) is 0 Å². The number of rotatable bonds is 8. The van der Waals surface area contributed by atoms with Gasteiger partial charge in [-0.05, 0) is 18.6 Å². The lowest BCUT2D eigenvalue weighted by Crippen LogP contribution is -2.50. The molecule has 1 N–H and O–H groups in total. The van der Waals surface area contributed by atoms with Crippen LogP contribution in [0.5, 0.6) is 0 Å². The van der Waals surface area contributed by atoms with Crippen LogP contribution in [-0.2, 0) is 14.6 Å². The highest BCUT2D eigenvalue weighted by Crippen LogP contribution is 2.11. The minimum Gasteiger partial charge on any atom is -0.355 e. The van der Waals surface area contributed by atoms with E-state index in [0.717, 1.165) is 39.1 Å². The molecule has 24 heavy (non-hydrogen) atoms. The predicted octanol–water partition coefficient (Wildman–Crippen LogP) is 0.604. The summed E-state index contributed by atoms with van der Waals surface area (Å²) in [6.07, 6.45) is 0.940. The van der Waals surface area contributed by atoms with Crippen molar-refractivity contribution in [2.24, 2.45) is 0 Å². The highest BCUT2D eigenvalue weighted by atomic mass is 32.2. The zero-order valence-corrected chi connectivity index (χ0v) is 15.1. The summed E-state index contributed by atoms with van der Waals surface area (Å²) in [5.41, 5.74) is 0. The standard InChI is InChI=1S/C17H27N3O3S/c1-2-8-18-17(21)15-20-11-9-19(10-12-20)13-14-24(22,23)16-6-4-3-5-7-16/h3-7H,2,8-15H2,1H3,(H,18,21). The first-order valence-electron chi connectivity index (χ1n) is 8.50. The largest absolute Gasteiger partial charge is 0.355 e. The van der Waals surface area contributed by atoms with Crippen molar-refractivity contribution in [3.63, 3.8) is 0 Å². The lowest BCUT2D eigenvalue weighted by Gasteiger charge is -2.34. The van der Waals surface area contributed by atoms with E-state index in [0.29, 0.717) is 18.0 Å². The van der Waals surface area contributed by atoms with E-state index in [2.05, 4.69) is 15.1 Å². The Kier molecular flexibility index (Phi) is 7.20. The molecule has 0 unspecified atom stereocenters. The number of hydrogen-bond donors (Lipinski definition) is 1. The van der Waals surface area contributed by atoms with E-state index in [1.807, 2.05) is 13.0 Å². The summed E-state index contributed by atoms with van der Waals surface area (Å²) in [6.45, 7) is 6.90. The molecular formula is C17H27N3O3S. The lowest BCUT2D eigenvalue weighted by molar-refractivity contribution is -0.122. The average molecular weight is 353 g/mol. The number of nitrogens with zero attached hydrogens (tertiary/aromatic N) is 2. The van der Waals surface area contributed by atoms with Crippen LogP contribution in [0.15, 0.2) is 35.2 Å². The van der Waals surface area contributed by atoms with Gasteiger partial charge in [0.05, 0.1) is 17.2 Å². The molecule has 1 fully saturated rings. The van der Waals surface area contributed by atoms with Crippen LogP contribution in [0.1, 0.15) is 13.3 Å². The number of piperazine rings is 1. The molecule has 1 aromatic carbocycles. The van der Waals surface area contributed by atoms with Crippen molar-refractivity contribution in [2.45, 2.75) is 18.2 Å². The first-order chi connectivity index (χ1) is 11.5. The topological polar surface area (TPSA) is 69.7 Å². The van der Waals surface area contributed by atoms with Crippen LogP contribution in [0.3, 0.4) is 0 Å². The molecule has 1 saturated heterocycles. The second-order valence-corrected chi connectivity index (χ2v) is 8.21. The van der Waals surface area contributed by atoms with Gasteiger partial charge in [0.2, 0.25) is 5.91 Å². The smallest absolute Gasteiger partial charge is 0.234 e. The monoisotopic (exact) mass is 353 g/mol. The van der Waals surface area contributed by atoms with Gasteiger partial charge >= 0.3 is 0 Å². The Morgan fingerprint density at radius 1 is 1.08 bits per heavy atom.